The Morgan fingerprint density at radius 3 is 2.17 bits per heavy atom. The summed E-state index contributed by atoms with van der Waals surface area (Å²) in [6, 6.07) is 7.37. The molecule has 0 spiro atoms. The van der Waals surface area contributed by atoms with Crippen LogP contribution in [0.3, 0.4) is 0 Å². The number of halogens is 1. The molecule has 1 aliphatic rings. The van der Waals surface area contributed by atoms with Gasteiger partial charge in [0.05, 0.1) is 6.42 Å². The molecule has 0 aliphatic carbocycles. The van der Waals surface area contributed by atoms with E-state index in [4.69, 9.17) is 11.6 Å². The number of nitrogens with zero attached hydrogens (tertiary/aromatic N) is 2. The van der Waals surface area contributed by atoms with Gasteiger partial charge in [-0.15, -0.1) is 0 Å². The maximum absolute atomic E-state index is 12.5. The zero-order valence-electron chi connectivity index (χ0n) is 14.1. The highest BCUT2D eigenvalue weighted by molar-refractivity contribution is 6.30. The maximum atomic E-state index is 12.5. The molecule has 0 bridgehead atoms. The van der Waals surface area contributed by atoms with Crippen molar-refractivity contribution in [2.45, 2.75) is 33.6 Å². The molecule has 1 aromatic carbocycles. The van der Waals surface area contributed by atoms with Gasteiger partial charge in [0.15, 0.2) is 0 Å². The molecule has 1 aliphatic heterocycles. The summed E-state index contributed by atoms with van der Waals surface area (Å²) in [4.78, 5) is 28.6. The van der Waals surface area contributed by atoms with Crippen LogP contribution in [0.1, 0.15) is 32.8 Å². The Hall–Kier alpha value is -1.55. The number of hydrogen-bond donors (Lipinski definition) is 0. The minimum Gasteiger partial charge on any atom is -0.341 e. The quantitative estimate of drug-likeness (QED) is 0.833. The number of amides is 2. The number of rotatable bonds is 2. The molecule has 4 nitrogen and oxygen atoms in total. The van der Waals surface area contributed by atoms with E-state index in [1.807, 2.05) is 42.7 Å². The Morgan fingerprint density at radius 1 is 1.00 bits per heavy atom. The molecule has 0 aromatic heterocycles. The molecular formula is C18H25ClN2O2. The summed E-state index contributed by atoms with van der Waals surface area (Å²) in [6.07, 6.45) is 1.21. The van der Waals surface area contributed by atoms with E-state index in [0.717, 1.165) is 18.5 Å². The smallest absolute Gasteiger partial charge is 0.228 e. The molecule has 126 valence electrons. The molecule has 0 unspecified atom stereocenters. The summed E-state index contributed by atoms with van der Waals surface area (Å²) in [6.45, 7) is 8.45. The van der Waals surface area contributed by atoms with Crippen LogP contribution in [-0.4, -0.2) is 47.8 Å². The van der Waals surface area contributed by atoms with Gasteiger partial charge in [0.2, 0.25) is 11.8 Å². The molecule has 1 heterocycles. The molecule has 2 amide bonds. The minimum atomic E-state index is -0.373. The first-order valence-electron chi connectivity index (χ1n) is 8.09. The highest BCUT2D eigenvalue weighted by atomic mass is 35.5. The van der Waals surface area contributed by atoms with Crippen LogP contribution >= 0.6 is 11.6 Å². The number of carbonyl (C=O) groups excluding carboxylic acids is 2. The lowest BCUT2D eigenvalue weighted by Gasteiger charge is -2.28. The standard InChI is InChI=1S/C18H25ClN2O2/c1-18(2,3)17(23)21-10-4-9-20(11-12-21)16(22)13-14-5-7-15(19)8-6-14/h5-8H,4,9-13H2,1-3H3. The first-order valence-corrected chi connectivity index (χ1v) is 8.47. The number of hydrogen-bond acceptors (Lipinski definition) is 2. The number of carbonyl (C=O) groups is 2. The lowest BCUT2D eigenvalue weighted by Crippen LogP contribution is -2.42. The molecule has 2 rings (SSSR count). The molecule has 1 aromatic rings. The monoisotopic (exact) mass is 336 g/mol. The fraction of sp³-hybridized carbons (Fsp3) is 0.556. The Bertz CT molecular complexity index is 563. The average Bonchev–Trinajstić information content (AvgIpc) is 2.73. The Labute approximate surface area is 143 Å². The van der Waals surface area contributed by atoms with E-state index in [1.54, 1.807) is 12.1 Å². The van der Waals surface area contributed by atoms with Crippen LogP contribution in [0.4, 0.5) is 0 Å². The van der Waals surface area contributed by atoms with E-state index < -0.39 is 0 Å². The van der Waals surface area contributed by atoms with Gasteiger partial charge in [-0.3, -0.25) is 9.59 Å². The van der Waals surface area contributed by atoms with E-state index in [-0.39, 0.29) is 17.2 Å². The van der Waals surface area contributed by atoms with E-state index in [9.17, 15) is 9.59 Å². The van der Waals surface area contributed by atoms with Gasteiger partial charge in [-0.05, 0) is 24.1 Å². The highest BCUT2D eigenvalue weighted by Crippen LogP contribution is 2.19. The third-order valence-electron chi connectivity index (χ3n) is 4.05. The molecule has 1 saturated heterocycles. The third kappa shape index (κ3) is 4.96. The lowest BCUT2D eigenvalue weighted by atomic mass is 9.94. The van der Waals surface area contributed by atoms with Gasteiger partial charge in [-0.2, -0.15) is 0 Å². The third-order valence-corrected chi connectivity index (χ3v) is 4.30. The van der Waals surface area contributed by atoms with Gasteiger partial charge < -0.3 is 9.80 Å². The van der Waals surface area contributed by atoms with Gasteiger partial charge in [-0.1, -0.05) is 44.5 Å². The fourth-order valence-corrected chi connectivity index (χ4v) is 2.86. The molecular weight excluding hydrogens is 312 g/mol. The van der Waals surface area contributed by atoms with Crippen LogP contribution in [0.2, 0.25) is 5.02 Å². The summed E-state index contributed by atoms with van der Waals surface area (Å²) in [5.41, 5.74) is 0.592. The van der Waals surface area contributed by atoms with Gasteiger partial charge in [0.1, 0.15) is 0 Å². The first kappa shape index (κ1) is 17.8. The van der Waals surface area contributed by atoms with Gasteiger partial charge in [0.25, 0.3) is 0 Å². The van der Waals surface area contributed by atoms with E-state index in [0.29, 0.717) is 31.1 Å². The van der Waals surface area contributed by atoms with Crippen molar-refractivity contribution < 1.29 is 9.59 Å². The second kappa shape index (κ2) is 7.35. The summed E-state index contributed by atoms with van der Waals surface area (Å²) in [7, 11) is 0. The van der Waals surface area contributed by atoms with Crippen LogP contribution in [-0.2, 0) is 16.0 Å². The SMILES string of the molecule is CC(C)(C)C(=O)N1CCCN(C(=O)Cc2ccc(Cl)cc2)CC1. The largest absolute Gasteiger partial charge is 0.341 e. The maximum Gasteiger partial charge on any atom is 0.228 e. The molecule has 0 atom stereocenters. The summed E-state index contributed by atoms with van der Waals surface area (Å²) in [5, 5.41) is 0.673. The van der Waals surface area contributed by atoms with Crippen LogP contribution in [0.5, 0.6) is 0 Å². The topological polar surface area (TPSA) is 40.6 Å². The van der Waals surface area contributed by atoms with E-state index in [2.05, 4.69) is 0 Å². The van der Waals surface area contributed by atoms with Crippen molar-refractivity contribution in [3.8, 4) is 0 Å². The molecule has 1 fully saturated rings. The molecule has 0 saturated carbocycles. The minimum absolute atomic E-state index is 0.109. The lowest BCUT2D eigenvalue weighted by molar-refractivity contribution is -0.139. The van der Waals surface area contributed by atoms with Gasteiger partial charge in [0, 0.05) is 36.6 Å². The molecule has 0 N–H and O–H groups in total. The van der Waals surface area contributed by atoms with Crippen molar-refractivity contribution in [1.29, 1.82) is 0 Å². The summed E-state index contributed by atoms with van der Waals surface area (Å²) < 4.78 is 0. The van der Waals surface area contributed by atoms with Crippen molar-refractivity contribution in [1.82, 2.24) is 9.80 Å². The van der Waals surface area contributed by atoms with Crippen LogP contribution in [0.15, 0.2) is 24.3 Å². The average molecular weight is 337 g/mol. The Morgan fingerprint density at radius 2 is 1.57 bits per heavy atom. The van der Waals surface area contributed by atoms with E-state index >= 15 is 0 Å². The fourth-order valence-electron chi connectivity index (χ4n) is 2.73. The highest BCUT2D eigenvalue weighted by Gasteiger charge is 2.29. The van der Waals surface area contributed by atoms with Gasteiger partial charge >= 0.3 is 0 Å². The Balaban J connectivity index is 1.93. The number of benzene rings is 1. The van der Waals surface area contributed by atoms with Crippen molar-refractivity contribution >= 4 is 23.4 Å². The van der Waals surface area contributed by atoms with E-state index in [1.165, 1.54) is 0 Å². The van der Waals surface area contributed by atoms with Crippen molar-refractivity contribution in [3.05, 3.63) is 34.9 Å². The predicted molar refractivity (Wildman–Crippen MR) is 92.4 cm³/mol. The zero-order chi connectivity index (χ0) is 17.0. The van der Waals surface area contributed by atoms with Crippen LogP contribution in [0.25, 0.3) is 0 Å². The predicted octanol–water partition coefficient (Wildman–Crippen LogP) is 2.99. The molecule has 0 radical (unpaired) electrons. The second-order valence-electron chi connectivity index (χ2n) is 7.08. The zero-order valence-corrected chi connectivity index (χ0v) is 14.9. The van der Waals surface area contributed by atoms with Crippen molar-refractivity contribution in [3.63, 3.8) is 0 Å². The first-order chi connectivity index (χ1) is 10.8. The Kier molecular flexibility index (Phi) is 5.69. The normalized spacial score (nSPS) is 16.2. The molecule has 5 heteroatoms. The summed E-state index contributed by atoms with van der Waals surface area (Å²) >= 11 is 5.87. The van der Waals surface area contributed by atoms with Crippen LogP contribution in [0, 0.1) is 5.41 Å². The van der Waals surface area contributed by atoms with Crippen molar-refractivity contribution in [2.75, 3.05) is 26.2 Å². The van der Waals surface area contributed by atoms with Gasteiger partial charge in [-0.25, -0.2) is 0 Å². The van der Waals surface area contributed by atoms with Crippen molar-refractivity contribution in [2.24, 2.45) is 5.41 Å². The summed E-state index contributed by atoms with van der Waals surface area (Å²) in [5.74, 6) is 0.266. The second-order valence-corrected chi connectivity index (χ2v) is 7.52. The molecule has 23 heavy (non-hydrogen) atoms. The van der Waals surface area contributed by atoms with Crippen LogP contribution < -0.4 is 0 Å².